The van der Waals surface area contributed by atoms with Crippen LogP contribution in [0.15, 0.2) is 0 Å². The van der Waals surface area contributed by atoms with Crippen LogP contribution in [0.2, 0.25) is 18.1 Å². The second-order valence-electron chi connectivity index (χ2n) is 7.56. The molecule has 0 saturated carbocycles. The predicted molar refractivity (Wildman–Crippen MR) is 90.0 cm³/mol. The van der Waals surface area contributed by atoms with Crippen LogP contribution in [-0.4, -0.2) is 65.9 Å². The fourth-order valence-corrected chi connectivity index (χ4v) is 5.97. The monoisotopic (exact) mass is 302 g/mol. The molecule has 1 fully saturated rings. The molecule has 19 heavy (non-hydrogen) atoms. The van der Waals surface area contributed by atoms with Gasteiger partial charge in [-0.2, -0.15) is 0 Å². The van der Waals surface area contributed by atoms with Crippen molar-refractivity contribution in [2.45, 2.75) is 58.9 Å². The van der Waals surface area contributed by atoms with E-state index < -0.39 is 8.24 Å². The quantitative estimate of drug-likeness (QED) is 0.723. The van der Waals surface area contributed by atoms with Crippen LogP contribution in [0.3, 0.4) is 0 Å². The van der Waals surface area contributed by atoms with E-state index >= 15 is 0 Å². The molecule has 5 heteroatoms. The van der Waals surface area contributed by atoms with Crippen molar-refractivity contribution in [3.8, 4) is 0 Å². The number of rotatable bonds is 5. The molecule has 0 N–H and O–H groups in total. The minimum Gasteiger partial charge on any atom is -0.420 e. The topological polar surface area (TPSA) is 15.7 Å². The third-order valence-electron chi connectivity index (χ3n) is 4.86. The van der Waals surface area contributed by atoms with E-state index in [4.69, 9.17) is 4.43 Å². The summed E-state index contributed by atoms with van der Waals surface area (Å²) in [6.45, 7) is 21.6. The molecule has 0 aromatic heterocycles. The SMILES string of the molecule is CC(C)O[SiH2]CN1CCN([Si](C)(C)C(C)(C)C)CC1. The maximum absolute atomic E-state index is 5.79. The van der Waals surface area contributed by atoms with E-state index in [1.54, 1.807) is 0 Å². The zero-order valence-electron chi connectivity index (χ0n) is 14.1. The van der Waals surface area contributed by atoms with Gasteiger partial charge in [0.25, 0.3) is 0 Å². The summed E-state index contributed by atoms with van der Waals surface area (Å²) in [5.41, 5.74) is 0. The Morgan fingerprint density at radius 3 is 2.05 bits per heavy atom. The molecular weight excluding hydrogens is 268 g/mol. The molecule has 0 amide bonds. The molecule has 0 unspecified atom stereocenters. The summed E-state index contributed by atoms with van der Waals surface area (Å²) in [6, 6.07) is 0. The molecule has 0 spiro atoms. The number of nitrogens with zero attached hydrogens (tertiary/aromatic N) is 2. The Morgan fingerprint density at radius 1 is 1.11 bits per heavy atom. The van der Waals surface area contributed by atoms with E-state index in [9.17, 15) is 0 Å². The largest absolute Gasteiger partial charge is 0.420 e. The lowest BCUT2D eigenvalue weighted by Crippen LogP contribution is -2.61. The molecule has 0 aromatic rings. The molecular formula is C14H34N2OSi2. The average molecular weight is 303 g/mol. The van der Waals surface area contributed by atoms with Crippen molar-refractivity contribution in [2.75, 3.05) is 32.3 Å². The molecule has 114 valence electrons. The second kappa shape index (κ2) is 6.85. The van der Waals surface area contributed by atoms with E-state index in [-0.39, 0.29) is 9.76 Å². The minimum absolute atomic E-state index is 0.341. The van der Waals surface area contributed by atoms with Gasteiger partial charge in [-0.05, 0) is 18.9 Å². The first-order valence-corrected chi connectivity index (χ1v) is 12.3. The summed E-state index contributed by atoms with van der Waals surface area (Å²) in [5.74, 6) is 0. The summed E-state index contributed by atoms with van der Waals surface area (Å²) < 4.78 is 8.59. The normalized spacial score (nSPS) is 20.8. The average Bonchev–Trinajstić information content (AvgIpc) is 2.27. The Kier molecular flexibility index (Phi) is 6.26. The van der Waals surface area contributed by atoms with Gasteiger partial charge < -0.3 is 13.9 Å². The van der Waals surface area contributed by atoms with E-state index in [1.807, 2.05) is 0 Å². The van der Waals surface area contributed by atoms with Crippen LogP contribution in [0.4, 0.5) is 0 Å². The maximum atomic E-state index is 5.79. The first kappa shape index (κ1) is 17.4. The Balaban J connectivity index is 2.37. The van der Waals surface area contributed by atoms with Crippen LogP contribution in [0.5, 0.6) is 0 Å². The first-order chi connectivity index (χ1) is 8.64. The fourth-order valence-electron chi connectivity index (χ4n) is 2.42. The Morgan fingerprint density at radius 2 is 1.63 bits per heavy atom. The van der Waals surface area contributed by atoms with Crippen molar-refractivity contribution in [3.63, 3.8) is 0 Å². The van der Waals surface area contributed by atoms with Crippen molar-refractivity contribution in [3.05, 3.63) is 0 Å². The smallest absolute Gasteiger partial charge is 0.175 e. The highest BCUT2D eigenvalue weighted by atomic mass is 28.3. The highest BCUT2D eigenvalue weighted by molar-refractivity contribution is 6.77. The van der Waals surface area contributed by atoms with Gasteiger partial charge in [0.15, 0.2) is 9.76 Å². The standard InChI is InChI=1S/C14H34N2OSi2/c1-13(2)17-18-12-15-8-10-16(11-9-15)19(6,7)14(3,4)5/h13H,8-12,18H2,1-7H3. The molecule has 0 aliphatic carbocycles. The molecule has 0 bridgehead atoms. The van der Waals surface area contributed by atoms with Gasteiger partial charge in [-0.25, -0.2) is 0 Å². The van der Waals surface area contributed by atoms with E-state index in [2.05, 4.69) is 57.2 Å². The Labute approximate surface area is 123 Å². The van der Waals surface area contributed by atoms with Gasteiger partial charge in [-0.15, -0.1) is 0 Å². The molecule has 0 radical (unpaired) electrons. The Bertz CT molecular complexity index is 269. The van der Waals surface area contributed by atoms with E-state index in [1.165, 1.54) is 32.3 Å². The van der Waals surface area contributed by atoms with Crippen molar-refractivity contribution < 1.29 is 4.43 Å². The Hall–Kier alpha value is 0.314. The summed E-state index contributed by atoms with van der Waals surface area (Å²) in [5, 5.41) is 0.463. The van der Waals surface area contributed by atoms with Crippen molar-refractivity contribution in [1.29, 1.82) is 0 Å². The summed E-state index contributed by atoms with van der Waals surface area (Å²) in [4.78, 5) is 2.61. The first-order valence-electron chi connectivity index (χ1n) is 7.73. The van der Waals surface area contributed by atoms with Crippen molar-refractivity contribution in [1.82, 2.24) is 9.47 Å². The van der Waals surface area contributed by atoms with Crippen molar-refractivity contribution in [2.24, 2.45) is 0 Å². The highest BCUT2D eigenvalue weighted by Crippen LogP contribution is 2.38. The lowest BCUT2D eigenvalue weighted by molar-refractivity contribution is 0.187. The number of hydrogen-bond donors (Lipinski definition) is 0. The summed E-state index contributed by atoms with van der Waals surface area (Å²) >= 11 is 0. The van der Waals surface area contributed by atoms with E-state index in [0.29, 0.717) is 11.1 Å². The predicted octanol–water partition coefficient (Wildman–Crippen LogP) is 2.08. The van der Waals surface area contributed by atoms with Gasteiger partial charge in [0.05, 0.1) is 0 Å². The van der Waals surface area contributed by atoms with Crippen LogP contribution < -0.4 is 0 Å². The zero-order valence-corrected chi connectivity index (χ0v) is 16.5. The van der Waals surface area contributed by atoms with Crippen LogP contribution in [0, 0.1) is 0 Å². The molecule has 1 heterocycles. The summed E-state index contributed by atoms with van der Waals surface area (Å²) in [7, 11) is -1.64. The molecule has 1 aliphatic rings. The summed E-state index contributed by atoms with van der Waals surface area (Å²) in [6.07, 6.45) is 1.64. The lowest BCUT2D eigenvalue weighted by Gasteiger charge is -2.49. The van der Waals surface area contributed by atoms with Crippen molar-refractivity contribution >= 4 is 18.0 Å². The van der Waals surface area contributed by atoms with Gasteiger partial charge >= 0.3 is 0 Å². The molecule has 3 nitrogen and oxygen atoms in total. The zero-order chi connectivity index (χ0) is 14.7. The van der Waals surface area contributed by atoms with Crippen LogP contribution in [0.1, 0.15) is 34.6 Å². The fraction of sp³-hybridized carbons (Fsp3) is 1.00. The molecule has 0 aromatic carbocycles. The molecule has 0 atom stereocenters. The van der Waals surface area contributed by atoms with Gasteiger partial charge in [0.2, 0.25) is 0 Å². The van der Waals surface area contributed by atoms with E-state index in [0.717, 1.165) is 0 Å². The van der Waals surface area contributed by atoms with Gasteiger partial charge in [0.1, 0.15) is 8.24 Å². The van der Waals surface area contributed by atoms with Gasteiger partial charge in [-0.3, -0.25) is 0 Å². The lowest BCUT2D eigenvalue weighted by atomic mass is 10.2. The molecule has 1 aliphatic heterocycles. The molecule has 1 rings (SSSR count). The minimum atomic E-state index is -1.30. The molecule has 1 saturated heterocycles. The number of piperazine rings is 1. The van der Waals surface area contributed by atoms with Crippen LogP contribution in [-0.2, 0) is 4.43 Å². The van der Waals surface area contributed by atoms with Gasteiger partial charge in [0, 0.05) is 38.5 Å². The highest BCUT2D eigenvalue weighted by Gasteiger charge is 2.41. The van der Waals surface area contributed by atoms with Crippen LogP contribution in [0.25, 0.3) is 0 Å². The van der Waals surface area contributed by atoms with Crippen LogP contribution >= 0.6 is 0 Å². The second-order valence-corrected chi connectivity index (χ2v) is 14.0. The third kappa shape index (κ3) is 4.97. The van der Waals surface area contributed by atoms with Gasteiger partial charge in [-0.1, -0.05) is 33.9 Å². The number of hydrogen-bond acceptors (Lipinski definition) is 3. The third-order valence-corrected chi connectivity index (χ3v) is 12.3. The maximum Gasteiger partial charge on any atom is 0.175 e.